The quantitative estimate of drug-likeness (QED) is 0.524. The van der Waals surface area contributed by atoms with E-state index in [4.69, 9.17) is 4.74 Å². The Morgan fingerprint density at radius 2 is 1.90 bits per heavy atom. The molecule has 0 bridgehead atoms. The summed E-state index contributed by atoms with van der Waals surface area (Å²) in [6.07, 6.45) is 8.87. The maximum absolute atomic E-state index is 12.9. The van der Waals surface area contributed by atoms with Crippen LogP contribution in [0.2, 0.25) is 0 Å². The highest BCUT2D eigenvalue weighted by Gasteiger charge is 2.35. The average Bonchev–Trinajstić information content (AvgIpc) is 2.53. The fraction of sp³-hybridized carbons (Fsp3) is 0.611. The molecule has 0 aromatic heterocycles. The van der Waals surface area contributed by atoms with E-state index in [1.165, 1.54) is 32.1 Å². The number of halogens is 1. The minimum atomic E-state index is 0.205. The summed E-state index contributed by atoms with van der Waals surface area (Å²) in [5.41, 5.74) is 0.781. The van der Waals surface area contributed by atoms with Gasteiger partial charge < -0.3 is 4.74 Å². The Labute approximate surface area is 140 Å². The van der Waals surface area contributed by atoms with Crippen LogP contribution in [0.25, 0.3) is 0 Å². The second-order valence-electron chi connectivity index (χ2n) is 6.52. The lowest BCUT2D eigenvalue weighted by Gasteiger charge is -2.38. The molecule has 3 unspecified atom stereocenters. The zero-order valence-electron chi connectivity index (χ0n) is 12.6. The molecule has 2 saturated carbocycles. The summed E-state index contributed by atoms with van der Waals surface area (Å²) < 4.78 is 6.49. The highest BCUT2D eigenvalue weighted by molar-refractivity contribution is 14.1. The molecule has 0 N–H and O–H groups in total. The van der Waals surface area contributed by atoms with Gasteiger partial charge in [0, 0.05) is 9.49 Å². The van der Waals surface area contributed by atoms with E-state index >= 15 is 0 Å². The first-order valence-corrected chi connectivity index (χ1v) is 9.14. The second kappa shape index (κ2) is 6.67. The molecule has 0 radical (unpaired) electrons. The van der Waals surface area contributed by atoms with Gasteiger partial charge in [-0.15, -0.1) is 0 Å². The van der Waals surface area contributed by atoms with Crippen molar-refractivity contribution in [2.75, 3.05) is 7.11 Å². The van der Waals surface area contributed by atoms with Gasteiger partial charge in [-0.1, -0.05) is 25.7 Å². The van der Waals surface area contributed by atoms with Crippen molar-refractivity contribution >= 4 is 28.4 Å². The minimum absolute atomic E-state index is 0.205. The third kappa shape index (κ3) is 3.27. The van der Waals surface area contributed by atoms with E-state index in [1.807, 2.05) is 18.2 Å². The summed E-state index contributed by atoms with van der Waals surface area (Å²) in [5, 5.41) is 0. The third-order valence-corrected chi connectivity index (χ3v) is 6.01. The van der Waals surface area contributed by atoms with Gasteiger partial charge in [0.25, 0.3) is 0 Å². The van der Waals surface area contributed by atoms with E-state index in [1.54, 1.807) is 7.11 Å². The molecule has 0 heterocycles. The number of carbonyl (C=O) groups is 1. The number of Topliss-reactive ketones (excluding diaryl/α,β-unsaturated/α-hetero) is 1. The van der Waals surface area contributed by atoms with Crippen molar-refractivity contribution in [1.82, 2.24) is 0 Å². The van der Waals surface area contributed by atoms with Gasteiger partial charge >= 0.3 is 0 Å². The Morgan fingerprint density at radius 3 is 2.67 bits per heavy atom. The monoisotopic (exact) mass is 398 g/mol. The smallest absolute Gasteiger partial charge is 0.169 e. The van der Waals surface area contributed by atoms with Crippen LogP contribution in [0.3, 0.4) is 0 Å². The molecule has 114 valence electrons. The topological polar surface area (TPSA) is 26.3 Å². The number of benzene rings is 1. The highest BCUT2D eigenvalue weighted by atomic mass is 127. The van der Waals surface area contributed by atoms with Crippen LogP contribution >= 0.6 is 22.6 Å². The Bertz CT molecular complexity index is 526. The maximum Gasteiger partial charge on any atom is 0.169 e. The van der Waals surface area contributed by atoms with Crippen LogP contribution < -0.4 is 4.74 Å². The van der Waals surface area contributed by atoms with Gasteiger partial charge in [0.05, 0.1) is 12.7 Å². The minimum Gasteiger partial charge on any atom is -0.496 e. The molecular formula is C18H23IO2. The lowest BCUT2D eigenvalue weighted by Crippen LogP contribution is -2.31. The van der Waals surface area contributed by atoms with Crippen LogP contribution in [-0.2, 0) is 0 Å². The molecule has 2 fully saturated rings. The normalized spacial score (nSPS) is 28.8. The average molecular weight is 398 g/mol. The fourth-order valence-corrected chi connectivity index (χ4v) is 4.70. The van der Waals surface area contributed by atoms with Crippen molar-refractivity contribution in [3.05, 3.63) is 27.3 Å². The summed E-state index contributed by atoms with van der Waals surface area (Å²) in [5.74, 6) is 2.91. The van der Waals surface area contributed by atoms with E-state index in [0.717, 1.165) is 39.6 Å². The number of rotatable bonds is 3. The van der Waals surface area contributed by atoms with Gasteiger partial charge in [-0.3, -0.25) is 4.79 Å². The molecule has 2 aliphatic carbocycles. The van der Waals surface area contributed by atoms with Crippen LogP contribution in [0.5, 0.6) is 5.75 Å². The molecule has 0 saturated heterocycles. The van der Waals surface area contributed by atoms with Crippen molar-refractivity contribution in [3.63, 3.8) is 0 Å². The molecule has 3 rings (SSSR count). The first-order chi connectivity index (χ1) is 10.2. The van der Waals surface area contributed by atoms with Crippen molar-refractivity contribution in [2.45, 2.75) is 44.9 Å². The van der Waals surface area contributed by atoms with E-state index in [9.17, 15) is 4.79 Å². The summed E-state index contributed by atoms with van der Waals surface area (Å²) in [7, 11) is 1.65. The lowest BCUT2D eigenvalue weighted by molar-refractivity contribution is 0.0760. The standard InChI is InChI=1S/C18H23IO2/c1-21-17-9-8-15(19)11-16(17)18(20)14-7-6-12-4-2-3-5-13(12)10-14/h8-9,11-14H,2-7,10H2,1H3. The third-order valence-electron chi connectivity index (χ3n) is 5.34. The van der Waals surface area contributed by atoms with Crippen LogP contribution in [0.1, 0.15) is 55.3 Å². The summed E-state index contributed by atoms with van der Waals surface area (Å²) >= 11 is 2.26. The number of hydrogen-bond acceptors (Lipinski definition) is 2. The number of hydrogen-bond donors (Lipinski definition) is 0. The predicted octanol–water partition coefficient (Wildman–Crippen LogP) is 5.09. The maximum atomic E-state index is 12.9. The molecule has 2 nitrogen and oxygen atoms in total. The van der Waals surface area contributed by atoms with Crippen molar-refractivity contribution in [1.29, 1.82) is 0 Å². The molecule has 2 aliphatic rings. The molecule has 1 aromatic rings. The molecule has 3 atom stereocenters. The molecule has 3 heteroatoms. The van der Waals surface area contributed by atoms with E-state index in [2.05, 4.69) is 22.6 Å². The Hall–Kier alpha value is -0.580. The van der Waals surface area contributed by atoms with Gasteiger partial charge in [-0.2, -0.15) is 0 Å². The van der Waals surface area contributed by atoms with E-state index in [-0.39, 0.29) is 5.92 Å². The van der Waals surface area contributed by atoms with E-state index in [0.29, 0.717) is 5.78 Å². The number of ether oxygens (including phenoxy) is 1. The van der Waals surface area contributed by atoms with E-state index < -0.39 is 0 Å². The molecule has 0 aliphatic heterocycles. The molecule has 1 aromatic carbocycles. The van der Waals surface area contributed by atoms with Gasteiger partial charge in [0.1, 0.15) is 5.75 Å². The van der Waals surface area contributed by atoms with Crippen molar-refractivity contribution < 1.29 is 9.53 Å². The number of methoxy groups -OCH3 is 1. The molecule has 0 spiro atoms. The lowest BCUT2D eigenvalue weighted by atomic mass is 9.66. The van der Waals surface area contributed by atoms with Crippen LogP contribution in [0, 0.1) is 21.3 Å². The second-order valence-corrected chi connectivity index (χ2v) is 7.77. The molecular weight excluding hydrogens is 375 g/mol. The number of ketones is 1. The van der Waals surface area contributed by atoms with Crippen LogP contribution in [-0.4, -0.2) is 12.9 Å². The number of fused-ring (bicyclic) bond motifs is 1. The van der Waals surface area contributed by atoms with Crippen molar-refractivity contribution in [3.8, 4) is 5.75 Å². The summed E-state index contributed by atoms with van der Waals surface area (Å²) in [4.78, 5) is 12.9. The van der Waals surface area contributed by atoms with Gasteiger partial charge in [-0.05, 0) is 71.9 Å². The first kappa shape index (κ1) is 15.3. The van der Waals surface area contributed by atoms with Gasteiger partial charge in [0.15, 0.2) is 5.78 Å². The Morgan fingerprint density at radius 1 is 1.14 bits per heavy atom. The zero-order valence-corrected chi connectivity index (χ0v) is 14.8. The highest BCUT2D eigenvalue weighted by Crippen LogP contribution is 2.44. The van der Waals surface area contributed by atoms with Gasteiger partial charge in [-0.25, -0.2) is 0 Å². The number of carbonyl (C=O) groups excluding carboxylic acids is 1. The summed E-state index contributed by atoms with van der Waals surface area (Å²) in [6, 6.07) is 5.89. The molecule has 0 amide bonds. The first-order valence-electron chi connectivity index (χ1n) is 8.07. The van der Waals surface area contributed by atoms with Crippen LogP contribution in [0.15, 0.2) is 18.2 Å². The van der Waals surface area contributed by atoms with Gasteiger partial charge in [0.2, 0.25) is 0 Å². The Balaban J connectivity index is 1.77. The van der Waals surface area contributed by atoms with Crippen LogP contribution in [0.4, 0.5) is 0 Å². The molecule has 21 heavy (non-hydrogen) atoms. The SMILES string of the molecule is COc1ccc(I)cc1C(=O)C1CCC2CCCCC2C1. The predicted molar refractivity (Wildman–Crippen MR) is 92.8 cm³/mol. The van der Waals surface area contributed by atoms with Crippen molar-refractivity contribution in [2.24, 2.45) is 17.8 Å². The largest absolute Gasteiger partial charge is 0.496 e. The zero-order chi connectivity index (χ0) is 14.8. The summed E-state index contributed by atoms with van der Waals surface area (Å²) in [6.45, 7) is 0. The fourth-order valence-electron chi connectivity index (χ4n) is 4.20. The Kier molecular flexibility index (Phi) is 4.87.